The van der Waals surface area contributed by atoms with Gasteiger partial charge in [-0.3, -0.25) is 9.59 Å². The van der Waals surface area contributed by atoms with Crippen LogP contribution in [0.3, 0.4) is 0 Å². The van der Waals surface area contributed by atoms with Crippen molar-refractivity contribution in [1.82, 2.24) is 0 Å². The zero-order valence-corrected chi connectivity index (χ0v) is 34.1. The van der Waals surface area contributed by atoms with E-state index in [2.05, 4.69) is 74.6 Å². The molecule has 0 amide bonds. The van der Waals surface area contributed by atoms with Crippen molar-refractivity contribution in [3.63, 3.8) is 0 Å². The Kier molecular flexibility index (Phi) is 41.0. The minimum atomic E-state index is -0.791. The Morgan fingerprint density at radius 1 is 0.442 bits per heavy atom. The fourth-order valence-electron chi connectivity index (χ4n) is 5.94. The highest BCUT2D eigenvalue weighted by atomic mass is 16.6. The molecule has 0 fully saturated rings. The number of allylic oxidation sites excluding steroid dienone is 10. The van der Waals surface area contributed by atoms with Crippen LogP contribution in [0.4, 0.5) is 0 Å². The van der Waals surface area contributed by atoms with Crippen molar-refractivity contribution < 1.29 is 24.2 Å². The highest BCUT2D eigenvalue weighted by Crippen LogP contribution is 2.13. The number of hydrogen-bond donors (Lipinski definition) is 1. The standard InChI is InChI=1S/C47H82O5/c1-3-5-7-9-11-13-15-17-19-21-23-25-27-29-31-33-35-37-39-41-46(49)51-44-45(43-48)52-47(50)42-40-38-36-34-32-30-28-26-24-22-20-18-16-14-12-10-8-6-4-2/h12,14,17-20,24,26,30,32,45,48H,3-11,13,15-16,21-23,25,27-29,31,33-44H2,1-2H3/b14-12-,19-17-,20-18-,26-24-,32-30-/t45-/m0/s1. The summed E-state index contributed by atoms with van der Waals surface area (Å²) in [5.41, 5.74) is 0. The van der Waals surface area contributed by atoms with Gasteiger partial charge in [0.05, 0.1) is 6.61 Å². The molecule has 0 bridgehead atoms. The second kappa shape index (κ2) is 43.0. The van der Waals surface area contributed by atoms with E-state index in [9.17, 15) is 14.7 Å². The fourth-order valence-corrected chi connectivity index (χ4v) is 5.94. The molecule has 0 aromatic heterocycles. The van der Waals surface area contributed by atoms with E-state index in [4.69, 9.17) is 9.47 Å². The average molecular weight is 727 g/mol. The summed E-state index contributed by atoms with van der Waals surface area (Å²) in [7, 11) is 0. The number of carbonyl (C=O) groups excluding carboxylic acids is 2. The lowest BCUT2D eigenvalue weighted by molar-refractivity contribution is -0.161. The maximum Gasteiger partial charge on any atom is 0.306 e. The van der Waals surface area contributed by atoms with Crippen LogP contribution >= 0.6 is 0 Å². The van der Waals surface area contributed by atoms with Gasteiger partial charge < -0.3 is 14.6 Å². The van der Waals surface area contributed by atoms with Crippen molar-refractivity contribution in [3.05, 3.63) is 60.8 Å². The Morgan fingerprint density at radius 2 is 0.769 bits per heavy atom. The molecule has 0 heterocycles. The summed E-state index contributed by atoms with van der Waals surface area (Å²) in [4.78, 5) is 24.3. The zero-order chi connectivity index (χ0) is 37.8. The summed E-state index contributed by atoms with van der Waals surface area (Å²) in [5, 5.41) is 9.58. The van der Waals surface area contributed by atoms with Crippen LogP contribution in [0, 0.1) is 0 Å². The van der Waals surface area contributed by atoms with Gasteiger partial charge in [-0.15, -0.1) is 0 Å². The Morgan fingerprint density at radius 3 is 1.23 bits per heavy atom. The van der Waals surface area contributed by atoms with Crippen LogP contribution < -0.4 is 0 Å². The molecule has 0 aliphatic heterocycles. The van der Waals surface area contributed by atoms with E-state index in [1.165, 1.54) is 116 Å². The first-order chi connectivity index (χ1) is 25.6. The topological polar surface area (TPSA) is 72.8 Å². The van der Waals surface area contributed by atoms with Crippen LogP contribution in [0.15, 0.2) is 60.8 Å². The lowest BCUT2D eigenvalue weighted by atomic mass is 10.1. The fraction of sp³-hybridized carbons (Fsp3) is 0.745. The third-order valence-electron chi connectivity index (χ3n) is 9.28. The van der Waals surface area contributed by atoms with Gasteiger partial charge in [0.2, 0.25) is 0 Å². The van der Waals surface area contributed by atoms with E-state index in [-0.39, 0.29) is 25.2 Å². The van der Waals surface area contributed by atoms with Gasteiger partial charge in [-0.25, -0.2) is 0 Å². The molecule has 0 radical (unpaired) electrons. The van der Waals surface area contributed by atoms with E-state index >= 15 is 0 Å². The molecule has 1 atom stereocenters. The van der Waals surface area contributed by atoms with Crippen molar-refractivity contribution in [2.75, 3.05) is 13.2 Å². The molecule has 0 aromatic carbocycles. The van der Waals surface area contributed by atoms with E-state index in [1.807, 2.05) is 0 Å². The van der Waals surface area contributed by atoms with E-state index < -0.39 is 6.10 Å². The van der Waals surface area contributed by atoms with E-state index in [0.29, 0.717) is 12.8 Å². The molecule has 0 aliphatic carbocycles. The number of unbranched alkanes of at least 4 members (excludes halogenated alkanes) is 21. The predicted octanol–water partition coefficient (Wildman–Crippen LogP) is 14.0. The third kappa shape index (κ3) is 40.4. The number of aliphatic hydroxyl groups excluding tert-OH is 1. The molecule has 300 valence electrons. The molecular weight excluding hydrogens is 645 g/mol. The van der Waals surface area contributed by atoms with E-state index in [0.717, 1.165) is 64.2 Å². The molecule has 52 heavy (non-hydrogen) atoms. The summed E-state index contributed by atoms with van der Waals surface area (Å²) < 4.78 is 10.6. The normalized spacial score (nSPS) is 12.8. The molecule has 0 spiro atoms. The van der Waals surface area contributed by atoms with Gasteiger partial charge in [-0.2, -0.15) is 0 Å². The maximum absolute atomic E-state index is 12.2. The van der Waals surface area contributed by atoms with Crippen LogP contribution in [0.1, 0.15) is 206 Å². The summed E-state index contributed by atoms with van der Waals surface area (Å²) in [6.45, 7) is 4.08. The average Bonchev–Trinajstić information content (AvgIpc) is 3.15. The zero-order valence-electron chi connectivity index (χ0n) is 34.1. The Labute approximate surface area is 321 Å². The van der Waals surface area contributed by atoms with Crippen LogP contribution in [-0.4, -0.2) is 36.4 Å². The first-order valence-electron chi connectivity index (χ1n) is 21.8. The number of esters is 2. The molecule has 0 rings (SSSR count). The van der Waals surface area contributed by atoms with Crippen molar-refractivity contribution in [2.24, 2.45) is 0 Å². The molecule has 5 heteroatoms. The lowest BCUT2D eigenvalue weighted by Crippen LogP contribution is -2.28. The second-order valence-electron chi connectivity index (χ2n) is 14.4. The van der Waals surface area contributed by atoms with Crippen LogP contribution in [0.25, 0.3) is 0 Å². The first kappa shape index (κ1) is 49.6. The minimum absolute atomic E-state index is 0.0813. The van der Waals surface area contributed by atoms with Crippen LogP contribution in [0.5, 0.6) is 0 Å². The lowest BCUT2D eigenvalue weighted by Gasteiger charge is -2.15. The largest absolute Gasteiger partial charge is 0.462 e. The van der Waals surface area contributed by atoms with Crippen molar-refractivity contribution in [1.29, 1.82) is 0 Å². The van der Waals surface area contributed by atoms with Crippen LogP contribution in [0.2, 0.25) is 0 Å². The number of rotatable bonds is 39. The highest BCUT2D eigenvalue weighted by Gasteiger charge is 2.16. The van der Waals surface area contributed by atoms with E-state index in [1.54, 1.807) is 0 Å². The van der Waals surface area contributed by atoms with Gasteiger partial charge in [-0.1, -0.05) is 171 Å². The predicted molar refractivity (Wildman–Crippen MR) is 223 cm³/mol. The van der Waals surface area contributed by atoms with Gasteiger partial charge >= 0.3 is 11.9 Å². The quantitative estimate of drug-likeness (QED) is 0.0388. The SMILES string of the molecule is CCCCC/C=C\C/C=C\C/C=C\C/C=C\CCCCCC(=O)O[C@@H](CO)COC(=O)CCCCCCCCCCC/C=C\CCCCCCCC. The Bertz CT molecular complexity index is 915. The van der Waals surface area contributed by atoms with Crippen molar-refractivity contribution in [3.8, 4) is 0 Å². The third-order valence-corrected chi connectivity index (χ3v) is 9.28. The maximum atomic E-state index is 12.2. The molecule has 0 saturated heterocycles. The summed E-state index contributed by atoms with van der Waals surface area (Å²) >= 11 is 0. The molecule has 0 aliphatic rings. The van der Waals surface area contributed by atoms with Crippen molar-refractivity contribution >= 4 is 11.9 Å². The number of hydrogen-bond acceptors (Lipinski definition) is 5. The molecule has 0 unspecified atom stereocenters. The highest BCUT2D eigenvalue weighted by molar-refractivity contribution is 5.70. The minimum Gasteiger partial charge on any atom is -0.462 e. The monoisotopic (exact) mass is 727 g/mol. The summed E-state index contributed by atoms with van der Waals surface area (Å²) in [6.07, 6.45) is 55.7. The molecule has 1 N–H and O–H groups in total. The Hall–Kier alpha value is -2.40. The van der Waals surface area contributed by atoms with Gasteiger partial charge in [0.15, 0.2) is 6.10 Å². The molecule has 0 aromatic rings. The number of ether oxygens (including phenoxy) is 2. The number of aliphatic hydroxyl groups is 1. The van der Waals surface area contributed by atoms with Gasteiger partial charge in [0.25, 0.3) is 0 Å². The van der Waals surface area contributed by atoms with Gasteiger partial charge in [0, 0.05) is 12.8 Å². The Balaban J connectivity index is 3.61. The smallest absolute Gasteiger partial charge is 0.306 e. The molecule has 0 saturated carbocycles. The van der Waals surface area contributed by atoms with Crippen molar-refractivity contribution in [2.45, 2.75) is 213 Å². The summed E-state index contributed by atoms with van der Waals surface area (Å²) in [6, 6.07) is 0. The van der Waals surface area contributed by atoms with Gasteiger partial charge in [-0.05, 0) is 83.5 Å². The summed E-state index contributed by atoms with van der Waals surface area (Å²) in [5.74, 6) is -0.629. The number of carbonyl (C=O) groups is 2. The first-order valence-corrected chi connectivity index (χ1v) is 21.8. The molecule has 5 nitrogen and oxygen atoms in total. The van der Waals surface area contributed by atoms with Crippen LogP contribution in [-0.2, 0) is 19.1 Å². The van der Waals surface area contributed by atoms with Gasteiger partial charge in [0.1, 0.15) is 6.61 Å². The molecular formula is C47H82O5. The second-order valence-corrected chi connectivity index (χ2v) is 14.4.